The first-order chi connectivity index (χ1) is 15.0. The van der Waals surface area contributed by atoms with Crippen LogP contribution in [0.15, 0.2) is 42.9 Å². The number of nitrogens with one attached hydrogen (secondary N) is 2. The Morgan fingerprint density at radius 3 is 2.77 bits per heavy atom. The number of benzene rings is 1. The molecule has 1 aliphatic heterocycles. The minimum atomic E-state index is -1.68. The van der Waals surface area contributed by atoms with Crippen molar-refractivity contribution in [1.29, 1.82) is 0 Å². The first-order valence-electron chi connectivity index (χ1n) is 10.7. The molecular formula is C21H30BN5O4. The fourth-order valence-corrected chi connectivity index (χ4v) is 3.98. The summed E-state index contributed by atoms with van der Waals surface area (Å²) in [6.07, 6.45) is 6.63. The third-order valence-corrected chi connectivity index (χ3v) is 5.66. The van der Waals surface area contributed by atoms with Gasteiger partial charge in [0.15, 0.2) is 0 Å². The molecule has 6 N–H and O–H groups in total. The van der Waals surface area contributed by atoms with Crippen molar-refractivity contribution in [1.82, 2.24) is 20.2 Å². The lowest BCUT2D eigenvalue weighted by molar-refractivity contribution is -0.139. The fraction of sp³-hybridized carbons (Fsp3) is 0.476. The second-order valence-corrected chi connectivity index (χ2v) is 7.98. The van der Waals surface area contributed by atoms with E-state index in [2.05, 4.69) is 15.3 Å². The number of aryl methyl sites for hydroxylation is 1. The number of aromatic nitrogens is 2. The van der Waals surface area contributed by atoms with Gasteiger partial charge in [0.2, 0.25) is 11.8 Å². The van der Waals surface area contributed by atoms with Crippen LogP contribution in [-0.4, -0.2) is 68.4 Å². The normalized spacial score (nSPS) is 17.9. The number of nitrogens with two attached hydrogens (primary N) is 1. The highest BCUT2D eigenvalue weighted by atomic mass is 16.4. The summed E-state index contributed by atoms with van der Waals surface area (Å²) < 4.78 is 0. The van der Waals surface area contributed by atoms with E-state index in [0.29, 0.717) is 45.1 Å². The van der Waals surface area contributed by atoms with Crippen LogP contribution in [0.5, 0.6) is 0 Å². The van der Waals surface area contributed by atoms with Crippen LogP contribution in [0, 0.1) is 0 Å². The van der Waals surface area contributed by atoms with E-state index >= 15 is 0 Å². The van der Waals surface area contributed by atoms with Gasteiger partial charge < -0.3 is 31.0 Å². The fourth-order valence-electron chi connectivity index (χ4n) is 3.98. The van der Waals surface area contributed by atoms with Crippen LogP contribution in [0.2, 0.25) is 0 Å². The number of hydrogen-bond donors (Lipinski definition) is 5. The number of carbonyl (C=O) groups is 2. The van der Waals surface area contributed by atoms with Gasteiger partial charge in [-0.3, -0.25) is 9.59 Å². The summed E-state index contributed by atoms with van der Waals surface area (Å²) >= 11 is 0. The molecule has 1 aromatic carbocycles. The predicted octanol–water partition coefficient (Wildman–Crippen LogP) is -0.210. The summed E-state index contributed by atoms with van der Waals surface area (Å²) in [4.78, 5) is 34.2. The molecule has 1 aliphatic rings. The molecule has 1 aromatic heterocycles. The number of rotatable bonds is 10. The second-order valence-electron chi connectivity index (χ2n) is 7.98. The number of amides is 2. The van der Waals surface area contributed by atoms with E-state index in [0.717, 1.165) is 11.3 Å². The van der Waals surface area contributed by atoms with Crippen LogP contribution in [0.3, 0.4) is 0 Å². The maximum absolute atomic E-state index is 12.9. The van der Waals surface area contributed by atoms with Crippen molar-refractivity contribution in [2.75, 3.05) is 6.54 Å². The van der Waals surface area contributed by atoms with Crippen LogP contribution in [-0.2, 0) is 22.4 Å². The molecule has 0 radical (unpaired) electrons. The van der Waals surface area contributed by atoms with E-state index in [4.69, 9.17) is 5.73 Å². The Hall–Kier alpha value is -2.69. The molecule has 2 amide bonds. The number of imidazole rings is 1. The molecule has 0 unspecified atom stereocenters. The largest absolute Gasteiger partial charge is 0.475 e. The number of aromatic amines is 1. The van der Waals surface area contributed by atoms with Gasteiger partial charge >= 0.3 is 7.12 Å². The molecule has 0 bridgehead atoms. The Kier molecular flexibility index (Phi) is 8.22. The van der Waals surface area contributed by atoms with Gasteiger partial charge in [-0.2, -0.15) is 0 Å². The SMILES string of the molecule is N[C@H](Cc1ccccc1)C(=O)N1CCC[C@H]1C(=O)N[C@@H](CCCc1cnc[nH]1)B(O)O. The Morgan fingerprint density at radius 1 is 1.32 bits per heavy atom. The summed E-state index contributed by atoms with van der Waals surface area (Å²) in [7, 11) is -1.68. The highest BCUT2D eigenvalue weighted by molar-refractivity contribution is 6.43. The molecule has 31 heavy (non-hydrogen) atoms. The van der Waals surface area contributed by atoms with Gasteiger partial charge in [0.05, 0.1) is 18.3 Å². The standard InChI is InChI=1S/C21H30BN5O4/c23-17(12-15-6-2-1-3-7-15)21(29)27-11-5-9-18(27)20(28)26-19(22(30)31)10-4-8-16-13-24-14-25-16/h1-3,6-7,13-14,17-19,30-31H,4-5,8-12,23H2,(H,24,25)(H,26,28)/t17-,18+,19+/m1/s1. The van der Waals surface area contributed by atoms with Gasteiger partial charge in [0, 0.05) is 18.4 Å². The van der Waals surface area contributed by atoms with Gasteiger partial charge in [0.25, 0.3) is 0 Å². The maximum Gasteiger partial charge on any atom is 0.475 e. The highest BCUT2D eigenvalue weighted by Crippen LogP contribution is 2.20. The van der Waals surface area contributed by atoms with Gasteiger partial charge in [-0.15, -0.1) is 0 Å². The Bertz CT molecular complexity index is 834. The van der Waals surface area contributed by atoms with Crippen molar-refractivity contribution in [2.24, 2.45) is 5.73 Å². The topological polar surface area (TPSA) is 145 Å². The highest BCUT2D eigenvalue weighted by Gasteiger charge is 2.38. The molecule has 9 nitrogen and oxygen atoms in total. The summed E-state index contributed by atoms with van der Waals surface area (Å²) in [6.45, 7) is 0.464. The van der Waals surface area contributed by atoms with Crippen molar-refractivity contribution in [2.45, 2.75) is 56.5 Å². The smallest absolute Gasteiger partial charge is 0.426 e. The van der Waals surface area contributed by atoms with E-state index in [1.165, 1.54) is 4.90 Å². The Morgan fingerprint density at radius 2 is 2.10 bits per heavy atom. The van der Waals surface area contributed by atoms with Gasteiger partial charge in [-0.05, 0) is 44.1 Å². The van der Waals surface area contributed by atoms with E-state index in [-0.39, 0.29) is 11.8 Å². The minimum Gasteiger partial charge on any atom is -0.426 e. The predicted molar refractivity (Wildman–Crippen MR) is 117 cm³/mol. The number of H-pyrrole nitrogens is 1. The zero-order valence-corrected chi connectivity index (χ0v) is 17.5. The quantitative estimate of drug-likeness (QED) is 0.332. The van der Waals surface area contributed by atoms with Crippen LogP contribution in [0.25, 0.3) is 0 Å². The molecule has 0 saturated carbocycles. The number of hydrogen-bond acceptors (Lipinski definition) is 6. The van der Waals surface area contributed by atoms with E-state index < -0.39 is 25.1 Å². The molecule has 3 rings (SSSR count). The molecule has 0 spiro atoms. The Balaban J connectivity index is 1.55. The van der Waals surface area contributed by atoms with Crippen molar-refractivity contribution in [3.63, 3.8) is 0 Å². The summed E-state index contributed by atoms with van der Waals surface area (Å²) in [5, 5.41) is 22.1. The van der Waals surface area contributed by atoms with Crippen LogP contribution < -0.4 is 11.1 Å². The average Bonchev–Trinajstić information content (AvgIpc) is 3.45. The lowest BCUT2D eigenvalue weighted by atomic mass is 9.76. The summed E-state index contributed by atoms with van der Waals surface area (Å²) in [6, 6.07) is 8.14. The summed E-state index contributed by atoms with van der Waals surface area (Å²) in [5.41, 5.74) is 8.05. The average molecular weight is 427 g/mol. The lowest BCUT2D eigenvalue weighted by Crippen LogP contribution is -2.55. The van der Waals surface area contributed by atoms with Crippen molar-refractivity contribution >= 4 is 18.9 Å². The van der Waals surface area contributed by atoms with Crippen molar-refractivity contribution in [3.05, 3.63) is 54.1 Å². The van der Waals surface area contributed by atoms with Gasteiger partial charge in [-0.25, -0.2) is 4.98 Å². The lowest BCUT2D eigenvalue weighted by Gasteiger charge is -2.28. The molecular weight excluding hydrogens is 397 g/mol. The molecule has 0 aliphatic carbocycles. The van der Waals surface area contributed by atoms with E-state index in [1.54, 1.807) is 12.5 Å². The summed E-state index contributed by atoms with van der Waals surface area (Å²) in [5.74, 6) is -1.45. The van der Waals surface area contributed by atoms with E-state index in [1.807, 2.05) is 30.3 Å². The minimum absolute atomic E-state index is 0.262. The second kappa shape index (κ2) is 11.1. The Labute approximate surface area is 182 Å². The number of likely N-dealkylation sites (tertiary alicyclic amines) is 1. The first kappa shape index (κ1) is 23.0. The number of carbonyl (C=O) groups excluding carboxylic acids is 2. The van der Waals surface area contributed by atoms with Crippen LogP contribution >= 0.6 is 0 Å². The van der Waals surface area contributed by atoms with Crippen LogP contribution in [0.4, 0.5) is 0 Å². The number of nitrogens with zero attached hydrogens (tertiary/aromatic N) is 2. The molecule has 2 aromatic rings. The van der Waals surface area contributed by atoms with E-state index in [9.17, 15) is 19.6 Å². The van der Waals surface area contributed by atoms with Gasteiger partial charge in [0.1, 0.15) is 6.04 Å². The zero-order valence-electron chi connectivity index (χ0n) is 17.5. The molecule has 2 heterocycles. The maximum atomic E-state index is 12.9. The molecule has 10 heteroatoms. The zero-order chi connectivity index (χ0) is 22.2. The molecule has 1 saturated heterocycles. The molecule has 3 atom stereocenters. The third kappa shape index (κ3) is 6.40. The third-order valence-electron chi connectivity index (χ3n) is 5.66. The van der Waals surface area contributed by atoms with Crippen LogP contribution in [0.1, 0.15) is 36.9 Å². The van der Waals surface area contributed by atoms with Crippen molar-refractivity contribution < 1.29 is 19.6 Å². The van der Waals surface area contributed by atoms with Crippen molar-refractivity contribution in [3.8, 4) is 0 Å². The molecule has 1 fully saturated rings. The molecule has 166 valence electrons. The first-order valence-corrected chi connectivity index (χ1v) is 10.7. The van der Waals surface area contributed by atoms with Gasteiger partial charge in [-0.1, -0.05) is 30.3 Å². The monoisotopic (exact) mass is 427 g/mol.